The fourth-order valence-electron chi connectivity index (χ4n) is 1.000. The number of aromatic nitrogens is 3. The molecule has 0 saturated heterocycles. The molecular weight excluding hydrogens is 278 g/mol. The zero-order chi connectivity index (χ0) is 8.39. The minimum atomic E-state index is 0. The van der Waals surface area contributed by atoms with Crippen molar-refractivity contribution in [3.8, 4) is 5.69 Å². The first-order valence-electron chi connectivity index (χ1n) is 3.52. The molecule has 3 nitrogen and oxygen atoms in total. The zero-order valence-electron chi connectivity index (χ0n) is 6.55. The van der Waals surface area contributed by atoms with E-state index in [0.29, 0.717) is 5.16 Å². The van der Waals surface area contributed by atoms with Crippen molar-refractivity contribution in [2.24, 2.45) is 0 Å². The van der Waals surface area contributed by atoms with Gasteiger partial charge in [0.2, 0.25) is 0 Å². The number of hydrogen-bond donors (Lipinski definition) is 1. The number of rotatable bonds is 1. The van der Waals surface area contributed by atoms with Gasteiger partial charge in [-0.15, -0.1) is 22.8 Å². The van der Waals surface area contributed by atoms with E-state index in [0.717, 1.165) is 5.69 Å². The SMILES string of the molecule is Sc1nncn1-c1ccccc1.[Ag]. The summed E-state index contributed by atoms with van der Waals surface area (Å²) in [4.78, 5) is 0. The van der Waals surface area contributed by atoms with E-state index in [1.165, 1.54) is 0 Å². The second-order valence-electron chi connectivity index (χ2n) is 2.34. The van der Waals surface area contributed by atoms with Crippen LogP contribution in [0.25, 0.3) is 5.69 Å². The minimum Gasteiger partial charge on any atom is -0.277 e. The molecule has 0 aliphatic heterocycles. The van der Waals surface area contributed by atoms with Crippen molar-refractivity contribution in [1.29, 1.82) is 0 Å². The van der Waals surface area contributed by atoms with E-state index < -0.39 is 0 Å². The first-order valence-corrected chi connectivity index (χ1v) is 3.97. The van der Waals surface area contributed by atoms with Gasteiger partial charge in [0.1, 0.15) is 6.33 Å². The van der Waals surface area contributed by atoms with Gasteiger partial charge >= 0.3 is 0 Å². The molecule has 13 heavy (non-hydrogen) atoms. The fourth-order valence-corrected chi connectivity index (χ4v) is 1.22. The summed E-state index contributed by atoms with van der Waals surface area (Å²) in [6.45, 7) is 0. The molecule has 0 N–H and O–H groups in total. The number of thiol groups is 1. The molecule has 1 aromatic carbocycles. The van der Waals surface area contributed by atoms with E-state index in [2.05, 4.69) is 22.8 Å². The first kappa shape index (κ1) is 10.5. The second-order valence-corrected chi connectivity index (χ2v) is 2.74. The largest absolute Gasteiger partial charge is 0.277 e. The molecule has 0 fully saturated rings. The van der Waals surface area contributed by atoms with Crippen molar-refractivity contribution in [3.63, 3.8) is 0 Å². The maximum Gasteiger partial charge on any atom is 0.192 e. The van der Waals surface area contributed by atoms with Crippen LogP contribution in [-0.2, 0) is 22.4 Å². The Morgan fingerprint density at radius 2 is 1.85 bits per heavy atom. The van der Waals surface area contributed by atoms with Crippen LogP contribution in [0.5, 0.6) is 0 Å². The Morgan fingerprint density at radius 3 is 2.38 bits per heavy atom. The molecule has 2 aromatic rings. The number of hydrogen-bond acceptors (Lipinski definition) is 3. The monoisotopic (exact) mass is 284 g/mol. The van der Waals surface area contributed by atoms with Crippen LogP contribution < -0.4 is 0 Å². The Hall–Kier alpha value is -0.550. The van der Waals surface area contributed by atoms with E-state index in [1.807, 2.05) is 34.9 Å². The third-order valence-corrected chi connectivity index (χ3v) is 1.87. The van der Waals surface area contributed by atoms with Gasteiger partial charge in [-0.25, -0.2) is 0 Å². The molecular formula is C8H7AgN3S. The molecule has 5 heteroatoms. The molecule has 0 atom stereocenters. The van der Waals surface area contributed by atoms with Crippen LogP contribution >= 0.6 is 12.6 Å². The molecule has 0 unspecified atom stereocenters. The molecule has 0 amide bonds. The van der Waals surface area contributed by atoms with Gasteiger partial charge in [0, 0.05) is 28.1 Å². The van der Waals surface area contributed by atoms with Gasteiger partial charge < -0.3 is 0 Å². The molecule has 0 aliphatic carbocycles. The standard InChI is InChI=1S/C8H7N3S.Ag/c12-8-10-9-6-11(8)7-4-2-1-3-5-7;/h1-6H,(H,10,12);. The summed E-state index contributed by atoms with van der Waals surface area (Å²) in [7, 11) is 0. The normalized spacial score (nSPS) is 9.31. The van der Waals surface area contributed by atoms with Gasteiger partial charge in [-0.1, -0.05) is 18.2 Å². The molecule has 0 spiro atoms. The van der Waals surface area contributed by atoms with Crippen LogP contribution in [-0.4, -0.2) is 14.8 Å². The van der Waals surface area contributed by atoms with E-state index in [9.17, 15) is 0 Å². The van der Waals surface area contributed by atoms with Gasteiger partial charge in [0.15, 0.2) is 5.16 Å². The average Bonchev–Trinajstić information content (AvgIpc) is 2.53. The summed E-state index contributed by atoms with van der Waals surface area (Å²) in [5, 5.41) is 8.10. The Kier molecular flexibility index (Phi) is 3.74. The Balaban J connectivity index is 0.000000845. The maximum atomic E-state index is 4.15. The molecule has 2 rings (SSSR count). The van der Waals surface area contributed by atoms with Gasteiger partial charge in [-0.05, 0) is 12.1 Å². The smallest absolute Gasteiger partial charge is 0.192 e. The summed E-state index contributed by atoms with van der Waals surface area (Å²) in [5.41, 5.74) is 1.02. The van der Waals surface area contributed by atoms with E-state index in [1.54, 1.807) is 6.33 Å². The summed E-state index contributed by atoms with van der Waals surface area (Å²) in [6, 6.07) is 9.84. The first-order chi connectivity index (χ1) is 5.88. The second kappa shape index (κ2) is 4.62. The van der Waals surface area contributed by atoms with Crippen molar-refractivity contribution in [2.45, 2.75) is 5.16 Å². The topological polar surface area (TPSA) is 30.7 Å². The predicted molar refractivity (Wildman–Crippen MR) is 48.6 cm³/mol. The average molecular weight is 285 g/mol. The quantitative estimate of drug-likeness (QED) is 0.636. The molecule has 71 valence electrons. The van der Waals surface area contributed by atoms with Crippen LogP contribution in [0.4, 0.5) is 0 Å². The Bertz CT molecular complexity index is 374. The number of benzene rings is 1. The number of para-hydroxylation sites is 1. The van der Waals surface area contributed by atoms with Crippen LogP contribution in [0, 0.1) is 0 Å². The molecule has 0 saturated carbocycles. The molecule has 0 bridgehead atoms. The van der Waals surface area contributed by atoms with E-state index in [-0.39, 0.29) is 22.4 Å². The van der Waals surface area contributed by atoms with Crippen molar-refractivity contribution >= 4 is 12.6 Å². The molecule has 1 aromatic heterocycles. The van der Waals surface area contributed by atoms with Gasteiger partial charge in [-0.2, -0.15) is 0 Å². The van der Waals surface area contributed by atoms with Crippen molar-refractivity contribution < 1.29 is 22.4 Å². The molecule has 0 aliphatic rings. The number of nitrogens with zero attached hydrogens (tertiary/aromatic N) is 3. The van der Waals surface area contributed by atoms with Crippen LogP contribution in [0.2, 0.25) is 0 Å². The summed E-state index contributed by atoms with van der Waals surface area (Å²) in [5.74, 6) is 0. The van der Waals surface area contributed by atoms with Crippen molar-refractivity contribution in [2.75, 3.05) is 0 Å². The maximum absolute atomic E-state index is 4.15. The van der Waals surface area contributed by atoms with Crippen LogP contribution in [0.15, 0.2) is 41.8 Å². The molecule has 1 radical (unpaired) electrons. The summed E-state index contributed by atoms with van der Waals surface area (Å²) >= 11 is 4.15. The van der Waals surface area contributed by atoms with Crippen molar-refractivity contribution in [3.05, 3.63) is 36.7 Å². The minimum absolute atomic E-state index is 0. The van der Waals surface area contributed by atoms with Gasteiger partial charge in [-0.3, -0.25) is 4.57 Å². The van der Waals surface area contributed by atoms with Crippen LogP contribution in [0.1, 0.15) is 0 Å². The van der Waals surface area contributed by atoms with Crippen molar-refractivity contribution in [1.82, 2.24) is 14.8 Å². The zero-order valence-corrected chi connectivity index (χ0v) is 8.93. The van der Waals surface area contributed by atoms with Crippen LogP contribution in [0.3, 0.4) is 0 Å². The Labute approximate surface area is 97.1 Å². The fraction of sp³-hybridized carbons (Fsp3) is 0. The predicted octanol–water partition coefficient (Wildman–Crippen LogP) is 1.55. The summed E-state index contributed by atoms with van der Waals surface area (Å²) < 4.78 is 1.81. The molecule has 1 heterocycles. The third kappa shape index (κ3) is 2.22. The third-order valence-electron chi connectivity index (χ3n) is 1.56. The summed E-state index contributed by atoms with van der Waals surface area (Å²) in [6.07, 6.45) is 1.64. The van der Waals surface area contributed by atoms with E-state index >= 15 is 0 Å². The Morgan fingerprint density at radius 1 is 1.15 bits per heavy atom. The van der Waals surface area contributed by atoms with Gasteiger partial charge in [0.25, 0.3) is 0 Å². The van der Waals surface area contributed by atoms with Gasteiger partial charge in [0.05, 0.1) is 0 Å². The van der Waals surface area contributed by atoms with E-state index in [4.69, 9.17) is 0 Å².